The number of amides is 1. The summed E-state index contributed by atoms with van der Waals surface area (Å²) in [6, 6.07) is 6.08. The molecule has 3 rings (SSSR count). The Morgan fingerprint density at radius 2 is 1.76 bits per heavy atom. The van der Waals surface area contributed by atoms with Crippen molar-refractivity contribution in [3.8, 4) is 0 Å². The lowest BCUT2D eigenvalue weighted by molar-refractivity contribution is 0.0737. The smallest absolute Gasteiger partial charge is 0.254 e. The fraction of sp³-hybridized carbons (Fsp3) is 0.412. The molecule has 1 aromatic carbocycles. The van der Waals surface area contributed by atoms with E-state index in [4.69, 9.17) is 0 Å². The number of hydrogen-bond acceptors (Lipinski definition) is 3. The summed E-state index contributed by atoms with van der Waals surface area (Å²) in [7, 11) is 0. The zero-order valence-electron chi connectivity index (χ0n) is 12.9. The molecular weight excluding hydrogens is 262 g/mol. The van der Waals surface area contributed by atoms with Crippen LogP contribution in [0.1, 0.15) is 27.2 Å². The molecule has 1 amide bonds. The topological polar surface area (TPSA) is 45.2 Å². The largest absolute Gasteiger partial charge is 0.336 e. The number of benzene rings is 1. The minimum Gasteiger partial charge on any atom is -0.336 e. The standard InChI is InChI=1S/C17H21N3O/c1-11-8-14-15(17(21)20-6-4-18-5-7-20)10-13(3)19-16(14)9-12(11)2/h8-10,18H,4-7H2,1-3H3. The van der Waals surface area contributed by atoms with Crippen molar-refractivity contribution in [2.45, 2.75) is 20.8 Å². The summed E-state index contributed by atoms with van der Waals surface area (Å²) in [5.74, 6) is 0.121. The predicted molar refractivity (Wildman–Crippen MR) is 84.7 cm³/mol. The zero-order valence-corrected chi connectivity index (χ0v) is 12.9. The summed E-state index contributed by atoms with van der Waals surface area (Å²) in [5.41, 5.74) is 4.99. The van der Waals surface area contributed by atoms with Crippen LogP contribution in [0, 0.1) is 20.8 Å². The van der Waals surface area contributed by atoms with Gasteiger partial charge in [-0.2, -0.15) is 0 Å². The number of nitrogens with one attached hydrogen (secondary N) is 1. The molecule has 110 valence electrons. The molecule has 1 saturated heterocycles. The maximum absolute atomic E-state index is 12.8. The maximum atomic E-state index is 12.8. The molecule has 0 aliphatic carbocycles. The molecule has 1 aliphatic heterocycles. The van der Waals surface area contributed by atoms with Crippen LogP contribution in [0.2, 0.25) is 0 Å². The van der Waals surface area contributed by atoms with Gasteiger partial charge in [-0.05, 0) is 50.1 Å². The van der Waals surface area contributed by atoms with E-state index in [2.05, 4.69) is 36.3 Å². The van der Waals surface area contributed by atoms with Crippen LogP contribution in [0.25, 0.3) is 10.9 Å². The van der Waals surface area contributed by atoms with E-state index in [0.717, 1.165) is 48.3 Å². The Morgan fingerprint density at radius 3 is 2.48 bits per heavy atom. The van der Waals surface area contributed by atoms with Gasteiger partial charge in [0.05, 0.1) is 11.1 Å². The fourth-order valence-corrected chi connectivity index (χ4v) is 2.83. The van der Waals surface area contributed by atoms with Gasteiger partial charge < -0.3 is 10.2 Å². The zero-order chi connectivity index (χ0) is 15.0. The first kappa shape index (κ1) is 14.0. The molecule has 2 heterocycles. The van der Waals surface area contributed by atoms with E-state index in [-0.39, 0.29) is 5.91 Å². The van der Waals surface area contributed by atoms with Crippen LogP contribution in [-0.2, 0) is 0 Å². The van der Waals surface area contributed by atoms with Crippen molar-refractivity contribution in [2.24, 2.45) is 0 Å². The number of rotatable bonds is 1. The monoisotopic (exact) mass is 283 g/mol. The summed E-state index contributed by atoms with van der Waals surface area (Å²) < 4.78 is 0. The fourth-order valence-electron chi connectivity index (χ4n) is 2.83. The van der Waals surface area contributed by atoms with Crippen LogP contribution >= 0.6 is 0 Å². The van der Waals surface area contributed by atoms with Crippen LogP contribution in [0.5, 0.6) is 0 Å². The minimum absolute atomic E-state index is 0.121. The van der Waals surface area contributed by atoms with Crippen molar-refractivity contribution in [2.75, 3.05) is 26.2 Å². The van der Waals surface area contributed by atoms with E-state index in [9.17, 15) is 4.79 Å². The van der Waals surface area contributed by atoms with Crippen LogP contribution in [-0.4, -0.2) is 42.0 Å². The van der Waals surface area contributed by atoms with E-state index in [1.54, 1.807) is 0 Å². The molecule has 1 aliphatic rings. The molecule has 21 heavy (non-hydrogen) atoms. The molecule has 0 radical (unpaired) electrons. The molecule has 0 saturated carbocycles. The highest BCUT2D eigenvalue weighted by Crippen LogP contribution is 2.23. The van der Waals surface area contributed by atoms with Crippen molar-refractivity contribution in [3.63, 3.8) is 0 Å². The first-order chi connectivity index (χ1) is 10.1. The van der Waals surface area contributed by atoms with E-state index >= 15 is 0 Å². The lowest BCUT2D eigenvalue weighted by atomic mass is 10.0. The number of piperazine rings is 1. The van der Waals surface area contributed by atoms with Gasteiger partial charge in [-0.1, -0.05) is 0 Å². The summed E-state index contributed by atoms with van der Waals surface area (Å²) in [5, 5.41) is 4.24. The quantitative estimate of drug-likeness (QED) is 0.872. The highest BCUT2D eigenvalue weighted by atomic mass is 16.2. The van der Waals surface area contributed by atoms with Gasteiger partial charge in [0.25, 0.3) is 5.91 Å². The Bertz CT molecular complexity index is 703. The average Bonchev–Trinajstić information content (AvgIpc) is 2.48. The van der Waals surface area contributed by atoms with Gasteiger partial charge in [-0.3, -0.25) is 9.78 Å². The number of pyridine rings is 1. The van der Waals surface area contributed by atoms with Crippen molar-refractivity contribution in [1.29, 1.82) is 0 Å². The van der Waals surface area contributed by atoms with Crippen molar-refractivity contribution >= 4 is 16.8 Å². The van der Waals surface area contributed by atoms with Gasteiger partial charge >= 0.3 is 0 Å². The van der Waals surface area contributed by atoms with Crippen LogP contribution in [0.3, 0.4) is 0 Å². The molecule has 1 aromatic heterocycles. The number of carbonyl (C=O) groups is 1. The third-order valence-corrected chi connectivity index (χ3v) is 4.19. The lowest BCUT2D eigenvalue weighted by Gasteiger charge is -2.28. The van der Waals surface area contributed by atoms with Gasteiger partial charge in [-0.15, -0.1) is 0 Å². The molecule has 0 unspecified atom stereocenters. The second kappa shape index (κ2) is 5.45. The third-order valence-electron chi connectivity index (χ3n) is 4.19. The highest BCUT2D eigenvalue weighted by Gasteiger charge is 2.20. The second-order valence-electron chi connectivity index (χ2n) is 5.81. The Hall–Kier alpha value is -1.94. The van der Waals surface area contributed by atoms with Gasteiger partial charge in [-0.25, -0.2) is 0 Å². The summed E-state index contributed by atoms with van der Waals surface area (Å²) >= 11 is 0. The van der Waals surface area contributed by atoms with Crippen LogP contribution < -0.4 is 5.32 Å². The van der Waals surface area contributed by atoms with Crippen LogP contribution in [0.4, 0.5) is 0 Å². The molecule has 0 bridgehead atoms. The molecule has 4 nitrogen and oxygen atoms in total. The molecule has 0 atom stereocenters. The highest BCUT2D eigenvalue weighted by molar-refractivity contribution is 6.06. The molecule has 1 N–H and O–H groups in total. The van der Waals surface area contributed by atoms with E-state index < -0.39 is 0 Å². The number of fused-ring (bicyclic) bond motifs is 1. The maximum Gasteiger partial charge on any atom is 0.254 e. The second-order valence-corrected chi connectivity index (χ2v) is 5.81. The molecule has 1 fully saturated rings. The Labute approximate surface area is 125 Å². The van der Waals surface area contributed by atoms with Gasteiger partial charge in [0.1, 0.15) is 0 Å². The number of aryl methyl sites for hydroxylation is 3. The Morgan fingerprint density at radius 1 is 1.10 bits per heavy atom. The van der Waals surface area contributed by atoms with Crippen LogP contribution in [0.15, 0.2) is 18.2 Å². The number of aromatic nitrogens is 1. The van der Waals surface area contributed by atoms with E-state index in [1.165, 1.54) is 11.1 Å². The molecule has 4 heteroatoms. The van der Waals surface area contributed by atoms with Gasteiger partial charge in [0.15, 0.2) is 0 Å². The molecule has 0 spiro atoms. The van der Waals surface area contributed by atoms with Gasteiger partial charge in [0, 0.05) is 37.3 Å². The summed E-state index contributed by atoms with van der Waals surface area (Å²) in [6.07, 6.45) is 0. The first-order valence-corrected chi connectivity index (χ1v) is 7.45. The third kappa shape index (κ3) is 2.63. The minimum atomic E-state index is 0.121. The Balaban J connectivity index is 2.12. The first-order valence-electron chi connectivity index (χ1n) is 7.45. The number of nitrogens with zero attached hydrogens (tertiary/aromatic N) is 2. The SMILES string of the molecule is Cc1cc(C(=O)N2CCNCC2)c2cc(C)c(C)cc2n1. The van der Waals surface area contributed by atoms with Crippen molar-refractivity contribution < 1.29 is 4.79 Å². The number of hydrogen-bond donors (Lipinski definition) is 1. The lowest BCUT2D eigenvalue weighted by Crippen LogP contribution is -2.46. The predicted octanol–water partition coefficient (Wildman–Crippen LogP) is 2.21. The average molecular weight is 283 g/mol. The normalized spacial score (nSPS) is 15.5. The van der Waals surface area contributed by atoms with Crippen molar-refractivity contribution in [3.05, 3.63) is 40.6 Å². The van der Waals surface area contributed by atoms with E-state index in [0.29, 0.717) is 0 Å². The molecule has 2 aromatic rings. The molecular formula is C17H21N3O. The number of carbonyl (C=O) groups excluding carboxylic acids is 1. The Kier molecular flexibility index (Phi) is 3.64. The van der Waals surface area contributed by atoms with Crippen molar-refractivity contribution in [1.82, 2.24) is 15.2 Å². The summed E-state index contributed by atoms with van der Waals surface area (Å²) in [4.78, 5) is 19.3. The van der Waals surface area contributed by atoms with E-state index in [1.807, 2.05) is 17.9 Å². The van der Waals surface area contributed by atoms with Gasteiger partial charge in [0.2, 0.25) is 0 Å². The summed E-state index contributed by atoms with van der Waals surface area (Å²) in [6.45, 7) is 9.38.